The summed E-state index contributed by atoms with van der Waals surface area (Å²) in [5.74, 6) is 3.61. The molecule has 0 spiro atoms. The Balaban J connectivity index is 1.80. The van der Waals surface area contributed by atoms with Gasteiger partial charge in [0, 0.05) is 18.7 Å². The van der Waals surface area contributed by atoms with E-state index in [1.165, 1.54) is 12.5 Å². The molecule has 0 radical (unpaired) electrons. The lowest BCUT2D eigenvalue weighted by molar-refractivity contribution is 0.226. The van der Waals surface area contributed by atoms with Crippen molar-refractivity contribution in [1.82, 2.24) is 19.9 Å². The number of aromatic nitrogens is 4. The van der Waals surface area contributed by atoms with Gasteiger partial charge in [0.05, 0.1) is 23.3 Å². The third kappa shape index (κ3) is 5.20. The Bertz CT molecular complexity index is 868. The summed E-state index contributed by atoms with van der Waals surface area (Å²) in [6.45, 7) is 5.49. The molecule has 2 aromatic rings. The Kier molecular flexibility index (Phi) is 7.00. The number of hydrogen-bond donors (Lipinski definition) is 2. The number of halogens is 2. The second-order valence-electron chi connectivity index (χ2n) is 7.48. The molecule has 3 atom stereocenters. The lowest BCUT2D eigenvalue weighted by atomic mass is 9.86. The van der Waals surface area contributed by atoms with Crippen LogP contribution in [0.25, 0.3) is 17.5 Å². The van der Waals surface area contributed by atoms with E-state index in [1.807, 2.05) is 17.8 Å². The molecule has 0 aromatic carbocycles. The number of nitrogens with zero attached hydrogens (tertiary/aromatic N) is 4. The average Bonchev–Trinajstić information content (AvgIpc) is 3.18. The topological polar surface area (TPSA) is 81.5 Å². The van der Waals surface area contributed by atoms with E-state index in [4.69, 9.17) is 5.41 Å². The number of alkyl halides is 2. The van der Waals surface area contributed by atoms with Gasteiger partial charge in [-0.2, -0.15) is 11.8 Å². The van der Waals surface area contributed by atoms with Gasteiger partial charge in [-0.25, -0.2) is 23.7 Å². The normalized spacial score (nSPS) is 22.6. The van der Waals surface area contributed by atoms with Gasteiger partial charge in [-0.3, -0.25) is 5.41 Å². The van der Waals surface area contributed by atoms with E-state index in [-0.39, 0.29) is 0 Å². The minimum absolute atomic E-state index is 0.391. The van der Waals surface area contributed by atoms with Crippen molar-refractivity contribution in [3.05, 3.63) is 30.5 Å². The van der Waals surface area contributed by atoms with Crippen LogP contribution in [0, 0.1) is 17.2 Å². The molecule has 6 nitrogen and oxygen atoms in total. The summed E-state index contributed by atoms with van der Waals surface area (Å²) in [5.41, 5.74) is 0.619. The SMILES string of the molecule is CSCC1CC(C)CN(c2cc(-c3cnc(/C=C\C(=N)C(F)F)[nH]3)ncn2)C1C. The number of allylic oxidation sites excluding steroid dienone is 1. The van der Waals surface area contributed by atoms with Crippen LogP contribution in [0.15, 0.2) is 24.7 Å². The molecule has 3 heterocycles. The average molecular weight is 421 g/mol. The lowest BCUT2D eigenvalue weighted by Gasteiger charge is -2.43. The summed E-state index contributed by atoms with van der Waals surface area (Å²) in [5, 5.41) is 7.18. The van der Waals surface area contributed by atoms with Crippen LogP contribution in [0.3, 0.4) is 0 Å². The molecule has 2 N–H and O–H groups in total. The zero-order valence-corrected chi connectivity index (χ0v) is 17.6. The van der Waals surface area contributed by atoms with Crippen LogP contribution in [0.5, 0.6) is 0 Å². The van der Waals surface area contributed by atoms with E-state index in [9.17, 15) is 8.78 Å². The number of piperidine rings is 1. The molecule has 29 heavy (non-hydrogen) atoms. The molecule has 156 valence electrons. The van der Waals surface area contributed by atoms with Crippen molar-refractivity contribution < 1.29 is 8.78 Å². The smallest absolute Gasteiger partial charge is 0.279 e. The quantitative estimate of drug-likeness (QED) is 0.650. The van der Waals surface area contributed by atoms with Crippen molar-refractivity contribution in [2.45, 2.75) is 32.7 Å². The van der Waals surface area contributed by atoms with E-state index in [0.717, 1.165) is 24.2 Å². The molecule has 9 heteroatoms. The first-order valence-electron chi connectivity index (χ1n) is 9.56. The highest BCUT2D eigenvalue weighted by Gasteiger charge is 2.32. The van der Waals surface area contributed by atoms with Crippen LogP contribution in [-0.2, 0) is 0 Å². The Hall–Kier alpha value is -2.29. The lowest BCUT2D eigenvalue weighted by Crippen LogP contribution is -2.48. The Morgan fingerprint density at radius 3 is 2.90 bits per heavy atom. The molecule has 1 aliphatic heterocycles. The van der Waals surface area contributed by atoms with Crippen molar-refractivity contribution in [2.24, 2.45) is 11.8 Å². The number of anilines is 1. The summed E-state index contributed by atoms with van der Waals surface area (Å²) in [6, 6.07) is 2.33. The maximum atomic E-state index is 12.4. The predicted molar refractivity (Wildman–Crippen MR) is 115 cm³/mol. The molecule has 1 saturated heterocycles. The summed E-state index contributed by atoms with van der Waals surface area (Å²) in [6.07, 6.45) is 6.13. The molecular formula is C20H26F2N6S. The Morgan fingerprint density at radius 2 is 2.17 bits per heavy atom. The van der Waals surface area contributed by atoms with Crippen LogP contribution in [0.1, 0.15) is 26.1 Å². The first kappa shape index (κ1) is 21.4. The van der Waals surface area contributed by atoms with Gasteiger partial charge in [-0.15, -0.1) is 0 Å². The standard InChI is InChI=1S/C20H26F2N6S/c1-12-6-14(10-29-3)13(2)28(9-12)19-7-16(25-11-26-19)17-8-24-18(27-17)5-4-15(23)20(21)22/h4-5,7-8,11-14,20,23H,6,9-10H2,1-3H3,(H,24,27)/b5-4-,23-15?. The molecule has 1 aliphatic rings. The number of thioether (sulfide) groups is 1. The molecule has 0 saturated carbocycles. The molecular weight excluding hydrogens is 394 g/mol. The summed E-state index contributed by atoms with van der Waals surface area (Å²) >= 11 is 1.88. The summed E-state index contributed by atoms with van der Waals surface area (Å²) in [4.78, 5) is 18.4. The fourth-order valence-corrected chi connectivity index (χ4v) is 4.56. The highest BCUT2D eigenvalue weighted by Crippen LogP contribution is 2.33. The van der Waals surface area contributed by atoms with Gasteiger partial charge in [0.1, 0.15) is 18.0 Å². The van der Waals surface area contributed by atoms with E-state index in [2.05, 4.69) is 44.9 Å². The van der Waals surface area contributed by atoms with Gasteiger partial charge in [0.15, 0.2) is 0 Å². The fourth-order valence-electron chi connectivity index (χ4n) is 3.71. The number of H-pyrrole nitrogens is 1. The molecule has 1 fully saturated rings. The van der Waals surface area contributed by atoms with Crippen molar-refractivity contribution in [3.63, 3.8) is 0 Å². The molecule has 0 amide bonds. The molecule has 0 aliphatic carbocycles. The molecule has 0 bridgehead atoms. The van der Waals surface area contributed by atoms with Gasteiger partial charge in [0.2, 0.25) is 0 Å². The zero-order chi connectivity index (χ0) is 21.0. The Morgan fingerprint density at radius 1 is 1.38 bits per heavy atom. The van der Waals surface area contributed by atoms with Crippen LogP contribution in [-0.4, -0.2) is 56.7 Å². The summed E-state index contributed by atoms with van der Waals surface area (Å²) in [7, 11) is 0. The predicted octanol–water partition coefficient (Wildman–Crippen LogP) is 4.38. The van der Waals surface area contributed by atoms with Gasteiger partial charge in [-0.1, -0.05) is 6.92 Å². The number of rotatable bonds is 7. The largest absolute Gasteiger partial charge is 0.353 e. The van der Waals surface area contributed by atoms with Gasteiger partial charge >= 0.3 is 0 Å². The first-order valence-corrected chi connectivity index (χ1v) is 11.0. The van der Waals surface area contributed by atoms with Crippen LogP contribution >= 0.6 is 11.8 Å². The summed E-state index contributed by atoms with van der Waals surface area (Å²) < 4.78 is 24.9. The van der Waals surface area contributed by atoms with E-state index in [0.29, 0.717) is 35.1 Å². The molecule has 2 aromatic heterocycles. The van der Waals surface area contributed by atoms with E-state index in [1.54, 1.807) is 12.5 Å². The monoisotopic (exact) mass is 420 g/mol. The zero-order valence-electron chi connectivity index (χ0n) is 16.8. The minimum atomic E-state index is -2.80. The number of imidazole rings is 1. The maximum Gasteiger partial charge on any atom is 0.279 e. The van der Waals surface area contributed by atoms with E-state index < -0.39 is 12.1 Å². The van der Waals surface area contributed by atoms with Crippen LogP contribution in [0.2, 0.25) is 0 Å². The first-order chi connectivity index (χ1) is 13.9. The highest BCUT2D eigenvalue weighted by molar-refractivity contribution is 7.98. The van der Waals surface area contributed by atoms with Crippen molar-refractivity contribution in [2.75, 3.05) is 23.5 Å². The van der Waals surface area contributed by atoms with Crippen LogP contribution < -0.4 is 4.90 Å². The third-order valence-electron chi connectivity index (χ3n) is 5.24. The van der Waals surface area contributed by atoms with Gasteiger partial charge in [0.25, 0.3) is 6.43 Å². The number of aromatic amines is 1. The number of hydrogen-bond acceptors (Lipinski definition) is 6. The Labute approximate surface area is 173 Å². The molecule has 3 unspecified atom stereocenters. The van der Waals surface area contributed by atoms with E-state index >= 15 is 0 Å². The molecule has 3 rings (SSSR count). The van der Waals surface area contributed by atoms with Crippen LogP contribution in [0.4, 0.5) is 14.6 Å². The minimum Gasteiger partial charge on any atom is -0.353 e. The second-order valence-corrected chi connectivity index (χ2v) is 8.39. The fraction of sp³-hybridized carbons (Fsp3) is 0.500. The van der Waals surface area contributed by atoms with Crippen molar-refractivity contribution in [1.29, 1.82) is 5.41 Å². The maximum absolute atomic E-state index is 12.4. The number of nitrogens with one attached hydrogen (secondary N) is 2. The third-order valence-corrected chi connectivity index (χ3v) is 6.00. The highest BCUT2D eigenvalue weighted by atomic mass is 32.2. The van der Waals surface area contributed by atoms with Crippen molar-refractivity contribution in [3.8, 4) is 11.4 Å². The van der Waals surface area contributed by atoms with Gasteiger partial charge in [-0.05, 0) is 49.3 Å². The second kappa shape index (κ2) is 9.47. The van der Waals surface area contributed by atoms with Crippen molar-refractivity contribution >= 4 is 29.4 Å². The van der Waals surface area contributed by atoms with Gasteiger partial charge < -0.3 is 9.88 Å².